The topological polar surface area (TPSA) is 60.7 Å². The number of benzene rings is 3. The lowest BCUT2D eigenvalue weighted by Gasteiger charge is -2.36. The number of rotatable bonds is 3. The zero-order chi connectivity index (χ0) is 31.6. The van der Waals surface area contributed by atoms with Gasteiger partial charge in [0, 0.05) is 22.6 Å². The zero-order valence-electron chi connectivity index (χ0n) is 28.3. The molecular weight excluding hydrogens is 504 g/mol. The Morgan fingerprint density at radius 1 is 0.463 bits per heavy atom. The van der Waals surface area contributed by atoms with E-state index in [-0.39, 0.29) is 27.7 Å². The van der Waals surface area contributed by atoms with Crippen molar-refractivity contribution in [3.8, 4) is 17.2 Å². The quantitative estimate of drug-likeness (QED) is 0.280. The fraction of sp³-hybridized carbons (Fsp3) is 0.526. The lowest BCUT2D eigenvalue weighted by atomic mass is 9.69. The van der Waals surface area contributed by atoms with Gasteiger partial charge in [-0.3, -0.25) is 0 Å². The molecule has 0 saturated carbocycles. The highest BCUT2D eigenvalue weighted by Gasteiger charge is 2.37. The van der Waals surface area contributed by atoms with E-state index in [2.05, 4.69) is 122 Å². The zero-order valence-corrected chi connectivity index (χ0v) is 28.3. The highest BCUT2D eigenvalue weighted by molar-refractivity contribution is 5.65. The van der Waals surface area contributed by atoms with Gasteiger partial charge in [-0.2, -0.15) is 0 Å². The molecule has 0 unspecified atom stereocenters. The molecule has 41 heavy (non-hydrogen) atoms. The molecule has 0 aromatic heterocycles. The number of hydrogen-bond donors (Lipinski definition) is 3. The number of phenolic OH excluding ortho intramolecular Hbond substituents is 3. The van der Waals surface area contributed by atoms with Crippen molar-refractivity contribution in [2.24, 2.45) is 0 Å². The summed E-state index contributed by atoms with van der Waals surface area (Å²) in [6.45, 7) is 31.6. The third kappa shape index (κ3) is 6.30. The van der Waals surface area contributed by atoms with Crippen molar-refractivity contribution in [3.05, 3.63) is 86.0 Å². The summed E-state index contributed by atoms with van der Waals surface area (Å²) in [4.78, 5) is 0. The molecule has 3 rings (SSSR count). The van der Waals surface area contributed by atoms with Crippen LogP contribution in [-0.2, 0) is 21.7 Å². The van der Waals surface area contributed by atoms with E-state index in [0.29, 0.717) is 5.75 Å². The molecule has 0 bridgehead atoms. The van der Waals surface area contributed by atoms with E-state index < -0.39 is 11.3 Å². The van der Waals surface area contributed by atoms with Crippen LogP contribution in [0.15, 0.2) is 30.3 Å². The van der Waals surface area contributed by atoms with Gasteiger partial charge in [-0.05, 0) is 70.2 Å². The number of hydrogen-bond acceptors (Lipinski definition) is 3. The highest BCUT2D eigenvalue weighted by atomic mass is 16.3. The van der Waals surface area contributed by atoms with Crippen molar-refractivity contribution in [2.75, 3.05) is 0 Å². The third-order valence-electron chi connectivity index (χ3n) is 8.20. The van der Waals surface area contributed by atoms with Crippen LogP contribution in [0.5, 0.6) is 17.2 Å². The van der Waals surface area contributed by atoms with Crippen molar-refractivity contribution in [2.45, 2.75) is 131 Å². The van der Waals surface area contributed by atoms with E-state index in [1.807, 2.05) is 12.1 Å². The van der Waals surface area contributed by atoms with E-state index in [0.717, 1.165) is 55.6 Å². The molecule has 3 aromatic carbocycles. The van der Waals surface area contributed by atoms with Crippen LogP contribution in [0.1, 0.15) is 145 Å². The Morgan fingerprint density at radius 2 is 0.805 bits per heavy atom. The molecule has 0 aliphatic carbocycles. The molecule has 0 atom stereocenters. The molecule has 0 spiro atoms. The largest absolute Gasteiger partial charge is 0.507 e. The molecule has 0 radical (unpaired) electrons. The summed E-state index contributed by atoms with van der Waals surface area (Å²) >= 11 is 0. The molecule has 0 aliphatic heterocycles. The summed E-state index contributed by atoms with van der Waals surface area (Å²) < 4.78 is 0. The lowest BCUT2D eigenvalue weighted by molar-refractivity contribution is 0.416. The van der Waals surface area contributed by atoms with Crippen LogP contribution in [0.25, 0.3) is 0 Å². The molecule has 3 heteroatoms. The normalized spacial score (nSPS) is 13.3. The van der Waals surface area contributed by atoms with Crippen molar-refractivity contribution in [1.82, 2.24) is 0 Å². The smallest absolute Gasteiger partial charge is 0.123 e. The van der Waals surface area contributed by atoms with Gasteiger partial charge in [0.25, 0.3) is 0 Å². The predicted molar refractivity (Wildman–Crippen MR) is 174 cm³/mol. The van der Waals surface area contributed by atoms with Crippen LogP contribution in [0.2, 0.25) is 0 Å². The van der Waals surface area contributed by atoms with Crippen molar-refractivity contribution in [1.29, 1.82) is 0 Å². The van der Waals surface area contributed by atoms with Crippen LogP contribution in [0, 0.1) is 20.8 Å². The van der Waals surface area contributed by atoms with Gasteiger partial charge < -0.3 is 15.3 Å². The summed E-state index contributed by atoms with van der Waals surface area (Å²) in [6, 6.07) is 10.3. The van der Waals surface area contributed by atoms with E-state index in [1.165, 1.54) is 0 Å². The van der Waals surface area contributed by atoms with Crippen molar-refractivity contribution in [3.63, 3.8) is 0 Å². The fourth-order valence-corrected chi connectivity index (χ4v) is 6.20. The highest BCUT2D eigenvalue weighted by Crippen LogP contribution is 2.52. The standard InChI is InChI=1S/C38H54O3/c1-21-16-24(32(39)26(18-21)35(4,5)6)30(25-17-22(2)19-27(33(25)40)36(7,8)9)29-23(3)20-28(37(10,11)12)34(41)31(29)38(13,14)15/h16-20,30,39-41H,1-15H3. The van der Waals surface area contributed by atoms with Crippen LogP contribution in [0.4, 0.5) is 0 Å². The third-order valence-corrected chi connectivity index (χ3v) is 8.20. The first-order valence-electron chi connectivity index (χ1n) is 14.9. The first kappa shape index (κ1) is 32.6. The van der Waals surface area contributed by atoms with Crippen LogP contribution in [0.3, 0.4) is 0 Å². The minimum Gasteiger partial charge on any atom is -0.507 e. The minimum absolute atomic E-state index is 0.241. The van der Waals surface area contributed by atoms with Gasteiger partial charge in [-0.15, -0.1) is 0 Å². The van der Waals surface area contributed by atoms with Gasteiger partial charge in [0.15, 0.2) is 0 Å². The van der Waals surface area contributed by atoms with Crippen LogP contribution >= 0.6 is 0 Å². The lowest BCUT2D eigenvalue weighted by Crippen LogP contribution is -2.23. The van der Waals surface area contributed by atoms with Gasteiger partial charge in [-0.25, -0.2) is 0 Å². The maximum absolute atomic E-state index is 12.0. The Bertz CT molecular complexity index is 1390. The second-order valence-electron chi connectivity index (χ2n) is 16.3. The van der Waals surface area contributed by atoms with E-state index >= 15 is 0 Å². The predicted octanol–water partition coefficient (Wildman–Crippen LogP) is 10.1. The van der Waals surface area contributed by atoms with Crippen molar-refractivity contribution >= 4 is 0 Å². The Labute approximate surface area is 249 Å². The molecule has 3 nitrogen and oxygen atoms in total. The first-order valence-corrected chi connectivity index (χ1v) is 14.9. The van der Waals surface area contributed by atoms with Gasteiger partial charge in [0.05, 0.1) is 0 Å². The number of phenols is 3. The minimum atomic E-state index is -0.508. The van der Waals surface area contributed by atoms with E-state index in [9.17, 15) is 15.3 Å². The van der Waals surface area contributed by atoms with Gasteiger partial charge in [-0.1, -0.05) is 125 Å². The van der Waals surface area contributed by atoms with Gasteiger partial charge in [0.2, 0.25) is 0 Å². The average molecular weight is 559 g/mol. The van der Waals surface area contributed by atoms with E-state index in [1.54, 1.807) is 0 Å². The molecule has 224 valence electrons. The molecule has 3 N–H and O–H groups in total. The summed E-state index contributed by atoms with van der Waals surface area (Å²) in [7, 11) is 0. The van der Waals surface area contributed by atoms with Crippen LogP contribution in [-0.4, -0.2) is 15.3 Å². The first-order chi connectivity index (χ1) is 18.4. The SMILES string of the molecule is Cc1cc(C(c2cc(C)cc(C(C)(C)C)c2O)c2c(C)cc(C(C)(C)C)c(O)c2C(C)(C)C)c(O)c(C(C)(C)C)c1. The second kappa shape index (κ2) is 10.4. The van der Waals surface area contributed by atoms with Gasteiger partial charge in [0.1, 0.15) is 17.2 Å². The Balaban J connectivity index is 2.69. The second-order valence-corrected chi connectivity index (χ2v) is 16.3. The molecule has 0 aliphatic rings. The molecule has 0 heterocycles. The average Bonchev–Trinajstić information content (AvgIpc) is 2.76. The Hall–Kier alpha value is -2.94. The molecule has 0 fully saturated rings. The van der Waals surface area contributed by atoms with E-state index in [4.69, 9.17) is 0 Å². The molecule has 0 amide bonds. The molecular formula is C38H54O3. The molecule has 0 saturated heterocycles. The summed E-state index contributed by atoms with van der Waals surface area (Å²) in [5, 5.41) is 36.0. The Kier molecular flexibility index (Phi) is 8.27. The van der Waals surface area contributed by atoms with Crippen molar-refractivity contribution < 1.29 is 15.3 Å². The summed E-state index contributed by atoms with van der Waals surface area (Å²) in [5.41, 5.74) is 7.75. The number of aryl methyl sites for hydroxylation is 3. The van der Waals surface area contributed by atoms with Crippen LogP contribution < -0.4 is 0 Å². The fourth-order valence-electron chi connectivity index (χ4n) is 6.20. The Morgan fingerprint density at radius 3 is 1.12 bits per heavy atom. The number of aromatic hydroxyl groups is 3. The molecule has 3 aromatic rings. The maximum Gasteiger partial charge on any atom is 0.123 e. The summed E-state index contributed by atoms with van der Waals surface area (Å²) in [6.07, 6.45) is 0. The maximum atomic E-state index is 12.0. The summed E-state index contributed by atoms with van der Waals surface area (Å²) in [5.74, 6) is 0.267. The monoisotopic (exact) mass is 558 g/mol. The van der Waals surface area contributed by atoms with Gasteiger partial charge >= 0.3 is 0 Å².